The van der Waals surface area contributed by atoms with Gasteiger partial charge < -0.3 is 30.0 Å². The SMILES string of the molecule is CCNC(=NCC(C)(O)c1ccc(C)o1)NCCN1CCCN(C)CC1.I. The molecule has 0 bridgehead atoms. The summed E-state index contributed by atoms with van der Waals surface area (Å²) in [6, 6.07) is 3.66. The molecule has 2 rings (SSSR count). The van der Waals surface area contributed by atoms with Crippen molar-refractivity contribution in [2.24, 2.45) is 4.99 Å². The summed E-state index contributed by atoms with van der Waals surface area (Å²) in [5.41, 5.74) is -1.12. The zero-order valence-corrected chi connectivity index (χ0v) is 19.5. The van der Waals surface area contributed by atoms with Gasteiger partial charge in [-0.15, -0.1) is 24.0 Å². The first-order chi connectivity index (χ1) is 12.4. The largest absolute Gasteiger partial charge is 0.463 e. The normalized spacial score (nSPS) is 19.1. The van der Waals surface area contributed by atoms with E-state index in [9.17, 15) is 5.11 Å². The van der Waals surface area contributed by atoms with Gasteiger partial charge in [-0.05, 0) is 59.5 Å². The van der Waals surface area contributed by atoms with Crippen LogP contribution in [0.3, 0.4) is 0 Å². The molecule has 3 N–H and O–H groups in total. The number of guanidine groups is 1. The molecule has 0 radical (unpaired) electrons. The summed E-state index contributed by atoms with van der Waals surface area (Å²) in [7, 11) is 2.18. The van der Waals surface area contributed by atoms with E-state index in [1.807, 2.05) is 26.0 Å². The molecule has 27 heavy (non-hydrogen) atoms. The van der Waals surface area contributed by atoms with Crippen LogP contribution in [0.15, 0.2) is 21.5 Å². The molecule has 1 aromatic rings. The molecule has 1 aromatic heterocycles. The fourth-order valence-corrected chi connectivity index (χ4v) is 3.03. The van der Waals surface area contributed by atoms with E-state index in [1.54, 1.807) is 6.92 Å². The maximum absolute atomic E-state index is 10.6. The lowest BCUT2D eigenvalue weighted by atomic mass is 10.0. The van der Waals surface area contributed by atoms with Gasteiger partial charge in [0.1, 0.15) is 17.1 Å². The van der Waals surface area contributed by atoms with E-state index in [1.165, 1.54) is 13.0 Å². The maximum atomic E-state index is 10.6. The fourth-order valence-electron chi connectivity index (χ4n) is 3.03. The molecular weight excluding hydrogens is 457 g/mol. The zero-order chi connectivity index (χ0) is 19.0. The predicted molar refractivity (Wildman–Crippen MR) is 121 cm³/mol. The van der Waals surface area contributed by atoms with Crippen LogP contribution in [0.5, 0.6) is 0 Å². The molecular formula is C19H36IN5O2. The molecule has 0 aliphatic carbocycles. The van der Waals surface area contributed by atoms with Gasteiger partial charge in [0.25, 0.3) is 0 Å². The van der Waals surface area contributed by atoms with Crippen LogP contribution in [-0.2, 0) is 5.60 Å². The van der Waals surface area contributed by atoms with Crippen molar-refractivity contribution in [3.05, 3.63) is 23.7 Å². The Morgan fingerprint density at radius 3 is 2.70 bits per heavy atom. The van der Waals surface area contributed by atoms with E-state index < -0.39 is 5.60 Å². The molecule has 0 aromatic carbocycles. The third-order valence-electron chi connectivity index (χ3n) is 4.69. The van der Waals surface area contributed by atoms with E-state index in [0.717, 1.165) is 51.0 Å². The smallest absolute Gasteiger partial charge is 0.191 e. The molecule has 8 heteroatoms. The quantitative estimate of drug-likeness (QED) is 0.305. The number of aliphatic imine (C=N–C) groups is 1. The highest BCUT2D eigenvalue weighted by atomic mass is 127. The Morgan fingerprint density at radius 1 is 1.26 bits per heavy atom. The molecule has 0 saturated carbocycles. The Morgan fingerprint density at radius 2 is 2.04 bits per heavy atom. The number of halogens is 1. The van der Waals surface area contributed by atoms with Crippen LogP contribution in [0.2, 0.25) is 0 Å². The molecule has 0 amide bonds. The number of likely N-dealkylation sites (N-methyl/N-ethyl adjacent to an activating group) is 1. The molecule has 0 spiro atoms. The number of aryl methyl sites for hydroxylation is 1. The van der Waals surface area contributed by atoms with Crippen LogP contribution in [0, 0.1) is 6.92 Å². The first kappa shape index (κ1) is 24.2. The van der Waals surface area contributed by atoms with Crippen LogP contribution in [-0.4, -0.2) is 80.3 Å². The predicted octanol–water partition coefficient (Wildman–Crippen LogP) is 1.61. The van der Waals surface area contributed by atoms with Crippen LogP contribution >= 0.6 is 24.0 Å². The number of hydrogen-bond acceptors (Lipinski definition) is 5. The summed E-state index contributed by atoms with van der Waals surface area (Å²) in [4.78, 5) is 9.42. The number of furan rings is 1. The van der Waals surface area contributed by atoms with Crippen molar-refractivity contribution in [1.82, 2.24) is 20.4 Å². The third-order valence-corrected chi connectivity index (χ3v) is 4.69. The second-order valence-corrected chi connectivity index (χ2v) is 7.30. The highest BCUT2D eigenvalue weighted by molar-refractivity contribution is 14.0. The first-order valence-corrected chi connectivity index (χ1v) is 9.63. The molecule has 1 saturated heterocycles. The van der Waals surface area contributed by atoms with E-state index in [-0.39, 0.29) is 30.5 Å². The van der Waals surface area contributed by atoms with Crippen LogP contribution in [0.1, 0.15) is 31.8 Å². The summed E-state index contributed by atoms with van der Waals surface area (Å²) < 4.78 is 5.55. The van der Waals surface area contributed by atoms with Crippen molar-refractivity contribution >= 4 is 29.9 Å². The fraction of sp³-hybridized carbons (Fsp3) is 0.737. The summed E-state index contributed by atoms with van der Waals surface area (Å²) in [6.45, 7) is 13.0. The molecule has 1 fully saturated rings. The molecule has 2 heterocycles. The number of nitrogens with one attached hydrogen (secondary N) is 2. The van der Waals surface area contributed by atoms with Crippen LogP contribution in [0.25, 0.3) is 0 Å². The molecule has 1 aliphatic rings. The minimum Gasteiger partial charge on any atom is -0.463 e. The Bertz CT molecular complexity index is 576. The van der Waals surface area contributed by atoms with Crippen molar-refractivity contribution in [3.63, 3.8) is 0 Å². The van der Waals surface area contributed by atoms with Gasteiger partial charge >= 0.3 is 0 Å². The second kappa shape index (κ2) is 11.9. The van der Waals surface area contributed by atoms with E-state index >= 15 is 0 Å². The average Bonchev–Trinajstić information content (AvgIpc) is 2.94. The van der Waals surface area contributed by atoms with Crippen LogP contribution < -0.4 is 10.6 Å². The lowest BCUT2D eigenvalue weighted by Gasteiger charge is -2.22. The minimum atomic E-state index is -1.12. The zero-order valence-electron chi connectivity index (χ0n) is 17.1. The van der Waals surface area contributed by atoms with E-state index in [2.05, 4.69) is 32.5 Å². The van der Waals surface area contributed by atoms with E-state index in [0.29, 0.717) is 5.76 Å². The number of rotatable bonds is 7. The summed E-state index contributed by atoms with van der Waals surface area (Å²) >= 11 is 0. The summed E-state index contributed by atoms with van der Waals surface area (Å²) in [5.74, 6) is 2.06. The molecule has 1 unspecified atom stereocenters. The number of nitrogens with zero attached hydrogens (tertiary/aromatic N) is 3. The van der Waals surface area contributed by atoms with Gasteiger partial charge in [-0.3, -0.25) is 0 Å². The Balaban J connectivity index is 0.00000364. The van der Waals surface area contributed by atoms with Gasteiger partial charge in [-0.1, -0.05) is 0 Å². The third kappa shape index (κ3) is 8.37. The topological polar surface area (TPSA) is 76.3 Å². The average molecular weight is 493 g/mol. The van der Waals surface area contributed by atoms with Crippen molar-refractivity contribution in [1.29, 1.82) is 0 Å². The Hall–Kier alpha value is -0.840. The van der Waals surface area contributed by atoms with Gasteiger partial charge in [0.05, 0.1) is 6.54 Å². The van der Waals surface area contributed by atoms with Gasteiger partial charge in [-0.25, -0.2) is 4.99 Å². The van der Waals surface area contributed by atoms with Gasteiger partial charge in [-0.2, -0.15) is 0 Å². The monoisotopic (exact) mass is 493 g/mol. The standard InChI is InChI=1S/C19H35N5O2.HI/c1-5-20-18(21-9-12-24-11-6-10-23(4)13-14-24)22-15-19(3,25)17-8-7-16(2)26-17;/h7-8,25H,5-6,9-15H2,1-4H3,(H2,20,21,22);1H. The lowest BCUT2D eigenvalue weighted by molar-refractivity contribution is 0.0428. The first-order valence-electron chi connectivity index (χ1n) is 9.63. The summed E-state index contributed by atoms with van der Waals surface area (Å²) in [6.07, 6.45) is 1.22. The lowest BCUT2D eigenvalue weighted by Crippen LogP contribution is -2.43. The molecule has 7 nitrogen and oxygen atoms in total. The Labute approximate surface area is 180 Å². The second-order valence-electron chi connectivity index (χ2n) is 7.30. The van der Waals surface area contributed by atoms with Crippen molar-refractivity contribution in [3.8, 4) is 0 Å². The molecule has 1 atom stereocenters. The van der Waals surface area contributed by atoms with Gasteiger partial charge in [0, 0.05) is 32.7 Å². The van der Waals surface area contributed by atoms with Gasteiger partial charge in [0.15, 0.2) is 5.96 Å². The van der Waals surface area contributed by atoms with Crippen molar-refractivity contribution < 1.29 is 9.52 Å². The van der Waals surface area contributed by atoms with Crippen LogP contribution in [0.4, 0.5) is 0 Å². The van der Waals surface area contributed by atoms with Crippen molar-refractivity contribution in [2.75, 3.05) is 59.4 Å². The minimum absolute atomic E-state index is 0. The van der Waals surface area contributed by atoms with E-state index in [4.69, 9.17) is 4.42 Å². The van der Waals surface area contributed by atoms with Crippen molar-refractivity contribution in [2.45, 2.75) is 32.8 Å². The van der Waals surface area contributed by atoms with Gasteiger partial charge in [0.2, 0.25) is 0 Å². The maximum Gasteiger partial charge on any atom is 0.191 e. The number of hydrogen-bond donors (Lipinski definition) is 3. The Kier molecular flexibility index (Phi) is 10.6. The molecule has 1 aliphatic heterocycles. The number of aliphatic hydroxyl groups is 1. The highest BCUT2D eigenvalue weighted by Gasteiger charge is 2.26. The molecule has 156 valence electrons. The highest BCUT2D eigenvalue weighted by Crippen LogP contribution is 2.22. The summed E-state index contributed by atoms with van der Waals surface area (Å²) in [5, 5.41) is 17.2.